The summed E-state index contributed by atoms with van der Waals surface area (Å²) in [6.07, 6.45) is 0. The average molecular weight is 499 g/mol. The molecule has 0 fully saturated rings. The molecule has 33 heavy (non-hydrogen) atoms. The van der Waals surface area contributed by atoms with E-state index in [1.54, 1.807) is 49.9 Å². The molecule has 0 aliphatic carbocycles. The van der Waals surface area contributed by atoms with Gasteiger partial charge < -0.3 is 15.0 Å². The molecule has 170 valence electrons. The number of amides is 1. The smallest absolute Gasteiger partial charge is 0.263 e. The molecule has 4 rings (SSSR count). The zero-order chi connectivity index (χ0) is 23.4. The molecule has 0 saturated heterocycles. The molecule has 0 aliphatic heterocycles. The van der Waals surface area contributed by atoms with Crippen LogP contribution in [0.2, 0.25) is 10.0 Å². The normalized spacial score (nSPS) is 11.5. The van der Waals surface area contributed by atoms with Crippen LogP contribution in [0.5, 0.6) is 5.75 Å². The Morgan fingerprint density at radius 1 is 0.970 bits per heavy atom. The predicted octanol–water partition coefficient (Wildman–Crippen LogP) is 7.21. The molecule has 7 heteroatoms. The Balaban J connectivity index is 1.41. The van der Waals surface area contributed by atoms with Gasteiger partial charge in [-0.2, -0.15) is 0 Å². The molecule has 3 aromatic carbocycles. The van der Waals surface area contributed by atoms with Crippen molar-refractivity contribution in [1.82, 2.24) is 10.3 Å². The number of benzene rings is 3. The standard InChI is InChI=1S/C26H24Cl2N2O2S/c1-26(2,32-20-13-11-19(28)12-14-20)25(31)29-15-16-33-24-21-5-3-4-6-22(21)30-23(24)17-7-9-18(27)10-8-17/h3-14,30H,15-16H2,1-2H3,(H,29,31). The minimum atomic E-state index is -1.01. The van der Waals surface area contributed by atoms with Gasteiger partial charge in [0.1, 0.15) is 5.75 Å². The van der Waals surface area contributed by atoms with E-state index in [9.17, 15) is 4.79 Å². The van der Waals surface area contributed by atoms with E-state index in [1.165, 1.54) is 0 Å². The summed E-state index contributed by atoms with van der Waals surface area (Å²) in [5.41, 5.74) is 2.19. The van der Waals surface area contributed by atoms with Crippen molar-refractivity contribution in [2.24, 2.45) is 0 Å². The van der Waals surface area contributed by atoms with Crippen LogP contribution < -0.4 is 10.1 Å². The van der Waals surface area contributed by atoms with Gasteiger partial charge >= 0.3 is 0 Å². The Kier molecular flexibility index (Phi) is 7.23. The van der Waals surface area contributed by atoms with Gasteiger partial charge in [0.25, 0.3) is 5.91 Å². The van der Waals surface area contributed by atoms with E-state index in [1.807, 2.05) is 36.4 Å². The Hall–Kier alpha value is -2.60. The van der Waals surface area contributed by atoms with E-state index in [0.29, 0.717) is 28.1 Å². The van der Waals surface area contributed by atoms with Crippen molar-refractivity contribution >= 4 is 51.8 Å². The Bertz CT molecular complexity index is 1250. The fourth-order valence-corrected chi connectivity index (χ4v) is 4.77. The van der Waals surface area contributed by atoms with Crippen LogP contribution in [-0.2, 0) is 4.79 Å². The second-order valence-electron chi connectivity index (χ2n) is 8.05. The molecule has 0 spiro atoms. The molecule has 1 aromatic heterocycles. The van der Waals surface area contributed by atoms with Crippen LogP contribution in [0.1, 0.15) is 13.8 Å². The number of aromatic amines is 1. The third-order valence-electron chi connectivity index (χ3n) is 5.16. The van der Waals surface area contributed by atoms with Gasteiger partial charge in [0.2, 0.25) is 0 Å². The monoisotopic (exact) mass is 498 g/mol. The maximum Gasteiger partial charge on any atom is 0.263 e. The lowest BCUT2D eigenvalue weighted by atomic mass is 10.1. The fraction of sp³-hybridized carbons (Fsp3) is 0.192. The number of aromatic nitrogens is 1. The van der Waals surface area contributed by atoms with Gasteiger partial charge in [-0.05, 0) is 61.9 Å². The molecular formula is C26H24Cl2N2O2S. The Morgan fingerprint density at radius 2 is 1.61 bits per heavy atom. The topological polar surface area (TPSA) is 54.1 Å². The van der Waals surface area contributed by atoms with Gasteiger partial charge in [-0.25, -0.2) is 0 Å². The number of ether oxygens (including phenoxy) is 1. The molecule has 0 aliphatic rings. The fourth-order valence-electron chi connectivity index (χ4n) is 3.46. The van der Waals surface area contributed by atoms with Crippen LogP contribution in [0, 0.1) is 0 Å². The van der Waals surface area contributed by atoms with E-state index >= 15 is 0 Å². The van der Waals surface area contributed by atoms with E-state index < -0.39 is 5.60 Å². The van der Waals surface area contributed by atoms with Gasteiger partial charge in [-0.1, -0.05) is 53.5 Å². The lowest BCUT2D eigenvalue weighted by Gasteiger charge is -2.25. The second kappa shape index (κ2) is 10.1. The summed E-state index contributed by atoms with van der Waals surface area (Å²) in [5.74, 6) is 1.14. The lowest BCUT2D eigenvalue weighted by Crippen LogP contribution is -2.47. The first kappa shape index (κ1) is 23.6. The van der Waals surface area contributed by atoms with E-state index in [-0.39, 0.29) is 5.91 Å². The highest BCUT2D eigenvalue weighted by Crippen LogP contribution is 2.37. The lowest BCUT2D eigenvalue weighted by molar-refractivity contribution is -0.134. The molecule has 0 bridgehead atoms. The summed E-state index contributed by atoms with van der Waals surface area (Å²) in [7, 11) is 0. The Morgan fingerprint density at radius 3 is 2.30 bits per heavy atom. The van der Waals surface area contributed by atoms with Crippen molar-refractivity contribution in [2.45, 2.75) is 24.3 Å². The summed E-state index contributed by atoms with van der Waals surface area (Å²) in [4.78, 5) is 17.4. The molecule has 4 aromatic rings. The summed E-state index contributed by atoms with van der Waals surface area (Å²) < 4.78 is 5.87. The number of thioether (sulfide) groups is 1. The molecular weight excluding hydrogens is 475 g/mol. The van der Waals surface area contributed by atoms with Crippen molar-refractivity contribution in [3.8, 4) is 17.0 Å². The summed E-state index contributed by atoms with van der Waals surface area (Å²) in [6, 6.07) is 23.0. The number of rotatable bonds is 8. The highest BCUT2D eigenvalue weighted by Gasteiger charge is 2.29. The van der Waals surface area contributed by atoms with Gasteiger partial charge in [-0.15, -0.1) is 11.8 Å². The minimum absolute atomic E-state index is 0.171. The third-order valence-corrected chi connectivity index (χ3v) is 6.78. The van der Waals surface area contributed by atoms with Crippen LogP contribution in [0.25, 0.3) is 22.2 Å². The summed E-state index contributed by atoms with van der Waals surface area (Å²) >= 11 is 13.7. The van der Waals surface area contributed by atoms with Crippen molar-refractivity contribution in [3.05, 3.63) is 82.8 Å². The molecule has 0 radical (unpaired) electrons. The number of carbonyl (C=O) groups excluding carboxylic acids is 1. The number of halogens is 2. The number of nitrogens with one attached hydrogen (secondary N) is 2. The Labute approximate surface area is 207 Å². The highest BCUT2D eigenvalue weighted by atomic mass is 35.5. The molecule has 0 unspecified atom stereocenters. The van der Waals surface area contributed by atoms with Crippen molar-refractivity contribution in [1.29, 1.82) is 0 Å². The predicted molar refractivity (Wildman–Crippen MR) is 139 cm³/mol. The zero-order valence-corrected chi connectivity index (χ0v) is 20.7. The second-order valence-corrected chi connectivity index (χ2v) is 10.0. The van der Waals surface area contributed by atoms with Gasteiger partial charge in [0, 0.05) is 38.1 Å². The first-order valence-corrected chi connectivity index (χ1v) is 12.3. The van der Waals surface area contributed by atoms with E-state index in [2.05, 4.69) is 22.4 Å². The van der Waals surface area contributed by atoms with Crippen molar-refractivity contribution in [3.63, 3.8) is 0 Å². The van der Waals surface area contributed by atoms with Crippen molar-refractivity contribution < 1.29 is 9.53 Å². The minimum Gasteiger partial charge on any atom is -0.478 e. The number of fused-ring (bicyclic) bond motifs is 1. The van der Waals surface area contributed by atoms with Crippen LogP contribution >= 0.6 is 35.0 Å². The first-order chi connectivity index (χ1) is 15.8. The highest BCUT2D eigenvalue weighted by molar-refractivity contribution is 7.99. The van der Waals surface area contributed by atoms with Crippen molar-refractivity contribution in [2.75, 3.05) is 12.3 Å². The van der Waals surface area contributed by atoms with Crippen LogP contribution in [0.15, 0.2) is 77.7 Å². The van der Waals surface area contributed by atoms with E-state index in [4.69, 9.17) is 27.9 Å². The number of para-hydroxylation sites is 1. The van der Waals surface area contributed by atoms with Gasteiger partial charge in [0.15, 0.2) is 5.60 Å². The molecule has 0 saturated carbocycles. The van der Waals surface area contributed by atoms with E-state index in [0.717, 1.165) is 27.1 Å². The number of carbonyl (C=O) groups is 1. The number of hydrogen-bond donors (Lipinski definition) is 2. The third kappa shape index (κ3) is 5.67. The maximum absolute atomic E-state index is 12.7. The summed E-state index contributed by atoms with van der Waals surface area (Å²) in [6.45, 7) is 4.02. The molecule has 1 heterocycles. The molecule has 1 amide bonds. The van der Waals surface area contributed by atoms with Gasteiger partial charge in [-0.3, -0.25) is 4.79 Å². The molecule has 2 N–H and O–H groups in total. The van der Waals surface area contributed by atoms with Gasteiger partial charge in [0.05, 0.1) is 5.69 Å². The van der Waals surface area contributed by atoms with Crippen LogP contribution in [0.3, 0.4) is 0 Å². The largest absolute Gasteiger partial charge is 0.478 e. The number of hydrogen-bond acceptors (Lipinski definition) is 3. The average Bonchev–Trinajstić information content (AvgIpc) is 3.17. The number of H-pyrrole nitrogens is 1. The van der Waals surface area contributed by atoms with Crippen LogP contribution in [-0.4, -0.2) is 28.8 Å². The first-order valence-electron chi connectivity index (χ1n) is 10.6. The van der Waals surface area contributed by atoms with Crippen LogP contribution in [0.4, 0.5) is 0 Å². The summed E-state index contributed by atoms with van der Waals surface area (Å²) in [5, 5.41) is 5.48. The molecule has 4 nitrogen and oxygen atoms in total. The molecule has 0 atom stereocenters. The SMILES string of the molecule is CC(C)(Oc1ccc(Cl)cc1)C(=O)NCCSc1c(-c2ccc(Cl)cc2)[nH]c2ccccc12. The quantitative estimate of drug-likeness (QED) is 0.199. The maximum atomic E-state index is 12.7. The zero-order valence-electron chi connectivity index (χ0n) is 18.3.